The summed E-state index contributed by atoms with van der Waals surface area (Å²) in [4.78, 5) is 7.27. The first kappa shape index (κ1) is 22.0. The van der Waals surface area contributed by atoms with E-state index in [4.69, 9.17) is 9.73 Å². The third kappa shape index (κ3) is 7.40. The van der Waals surface area contributed by atoms with Crippen molar-refractivity contribution in [1.29, 1.82) is 0 Å². The standard InChI is InChI=1S/C19H32N4O.HI/c1-5-20-19(21-12-13-23(15(2)3)17-10-11-17)22-14-16-8-6-7-9-18(16)24-4;/h6-9,15,17H,5,10-14H2,1-4H3,(H2,20,21,22);1H. The molecule has 0 amide bonds. The molecule has 0 heterocycles. The van der Waals surface area contributed by atoms with Crippen LogP contribution in [0.15, 0.2) is 29.3 Å². The Balaban J connectivity index is 0.00000312. The monoisotopic (exact) mass is 460 g/mol. The van der Waals surface area contributed by atoms with Crippen LogP contribution in [0.1, 0.15) is 39.2 Å². The average Bonchev–Trinajstić information content (AvgIpc) is 3.41. The highest BCUT2D eigenvalue weighted by molar-refractivity contribution is 14.0. The number of nitrogens with zero attached hydrogens (tertiary/aromatic N) is 2. The van der Waals surface area contributed by atoms with Crippen LogP contribution in [0, 0.1) is 0 Å². The van der Waals surface area contributed by atoms with Gasteiger partial charge >= 0.3 is 0 Å². The molecule has 0 radical (unpaired) electrons. The number of hydrogen-bond acceptors (Lipinski definition) is 3. The van der Waals surface area contributed by atoms with Gasteiger partial charge in [0.05, 0.1) is 13.7 Å². The van der Waals surface area contributed by atoms with E-state index in [-0.39, 0.29) is 24.0 Å². The van der Waals surface area contributed by atoms with Crippen LogP contribution < -0.4 is 15.4 Å². The molecule has 0 saturated heterocycles. The van der Waals surface area contributed by atoms with Gasteiger partial charge in [0.2, 0.25) is 0 Å². The second kappa shape index (κ2) is 11.6. The van der Waals surface area contributed by atoms with Crippen molar-refractivity contribution in [2.24, 2.45) is 4.99 Å². The normalized spacial score (nSPS) is 14.4. The highest BCUT2D eigenvalue weighted by Gasteiger charge is 2.30. The van der Waals surface area contributed by atoms with Gasteiger partial charge in [-0.15, -0.1) is 24.0 Å². The zero-order chi connectivity index (χ0) is 17.4. The lowest BCUT2D eigenvalue weighted by atomic mass is 10.2. The molecule has 0 unspecified atom stereocenters. The number of para-hydroxylation sites is 1. The minimum atomic E-state index is 0. The molecule has 25 heavy (non-hydrogen) atoms. The van der Waals surface area contributed by atoms with Crippen LogP contribution in [0.3, 0.4) is 0 Å². The average molecular weight is 460 g/mol. The number of rotatable bonds is 9. The molecule has 0 atom stereocenters. The molecule has 1 aromatic carbocycles. The smallest absolute Gasteiger partial charge is 0.191 e. The number of methoxy groups -OCH3 is 1. The molecule has 1 aliphatic rings. The highest BCUT2D eigenvalue weighted by atomic mass is 127. The van der Waals surface area contributed by atoms with Gasteiger partial charge in [-0.05, 0) is 39.7 Å². The van der Waals surface area contributed by atoms with Crippen molar-refractivity contribution in [2.75, 3.05) is 26.7 Å². The molecule has 0 aromatic heterocycles. The van der Waals surface area contributed by atoms with E-state index >= 15 is 0 Å². The summed E-state index contributed by atoms with van der Waals surface area (Å²) in [5.74, 6) is 1.75. The molecule has 1 aromatic rings. The fraction of sp³-hybridized carbons (Fsp3) is 0.632. The van der Waals surface area contributed by atoms with Crippen molar-refractivity contribution < 1.29 is 4.74 Å². The van der Waals surface area contributed by atoms with Gasteiger partial charge in [0, 0.05) is 37.3 Å². The summed E-state index contributed by atoms with van der Waals surface area (Å²) in [5, 5.41) is 6.77. The summed E-state index contributed by atoms with van der Waals surface area (Å²) < 4.78 is 5.39. The van der Waals surface area contributed by atoms with E-state index in [1.54, 1.807) is 7.11 Å². The second-order valence-electron chi connectivity index (χ2n) is 6.50. The number of benzene rings is 1. The number of halogens is 1. The summed E-state index contributed by atoms with van der Waals surface area (Å²) >= 11 is 0. The van der Waals surface area contributed by atoms with Crippen molar-refractivity contribution in [2.45, 2.75) is 52.2 Å². The molecule has 6 heteroatoms. The lowest BCUT2D eigenvalue weighted by Crippen LogP contribution is -2.43. The third-order valence-corrected chi connectivity index (χ3v) is 4.29. The first-order valence-corrected chi connectivity index (χ1v) is 9.05. The van der Waals surface area contributed by atoms with Crippen LogP contribution in [0.5, 0.6) is 5.75 Å². The molecular weight excluding hydrogens is 427 g/mol. The van der Waals surface area contributed by atoms with Crippen LogP contribution in [0.25, 0.3) is 0 Å². The number of ether oxygens (including phenoxy) is 1. The predicted octanol–water partition coefficient (Wildman–Crippen LogP) is 3.24. The Morgan fingerprint density at radius 1 is 1.28 bits per heavy atom. The quantitative estimate of drug-likeness (QED) is 0.338. The van der Waals surface area contributed by atoms with Crippen LogP contribution in [-0.2, 0) is 6.54 Å². The van der Waals surface area contributed by atoms with Crippen LogP contribution in [0.4, 0.5) is 0 Å². The maximum atomic E-state index is 5.39. The number of nitrogens with one attached hydrogen (secondary N) is 2. The van der Waals surface area contributed by atoms with Gasteiger partial charge in [-0.25, -0.2) is 4.99 Å². The van der Waals surface area contributed by atoms with E-state index < -0.39 is 0 Å². The molecule has 142 valence electrons. The van der Waals surface area contributed by atoms with E-state index in [9.17, 15) is 0 Å². The summed E-state index contributed by atoms with van der Waals surface area (Å²) in [7, 11) is 1.70. The van der Waals surface area contributed by atoms with E-state index in [2.05, 4.69) is 42.4 Å². The number of hydrogen-bond donors (Lipinski definition) is 2. The van der Waals surface area contributed by atoms with Gasteiger partial charge in [0.15, 0.2) is 5.96 Å². The van der Waals surface area contributed by atoms with Crippen LogP contribution in [-0.4, -0.2) is 49.7 Å². The van der Waals surface area contributed by atoms with E-state index in [0.717, 1.165) is 42.9 Å². The zero-order valence-corrected chi connectivity index (χ0v) is 18.2. The largest absolute Gasteiger partial charge is 0.496 e. The molecule has 0 bridgehead atoms. The summed E-state index contributed by atoms with van der Waals surface area (Å²) in [6.45, 7) is 10.1. The molecule has 1 saturated carbocycles. The molecule has 2 N–H and O–H groups in total. The third-order valence-electron chi connectivity index (χ3n) is 4.29. The Hall–Kier alpha value is -1.02. The molecular formula is C19H33IN4O. The second-order valence-corrected chi connectivity index (χ2v) is 6.50. The highest BCUT2D eigenvalue weighted by Crippen LogP contribution is 2.27. The predicted molar refractivity (Wildman–Crippen MR) is 116 cm³/mol. The van der Waals surface area contributed by atoms with Gasteiger partial charge in [-0.3, -0.25) is 4.90 Å². The Morgan fingerprint density at radius 3 is 2.60 bits per heavy atom. The molecule has 0 spiro atoms. The summed E-state index contributed by atoms with van der Waals surface area (Å²) in [5.41, 5.74) is 1.10. The van der Waals surface area contributed by atoms with Crippen molar-refractivity contribution in [3.05, 3.63) is 29.8 Å². The van der Waals surface area contributed by atoms with Gasteiger partial charge < -0.3 is 15.4 Å². The lowest BCUT2D eigenvalue weighted by Gasteiger charge is -2.26. The molecule has 2 rings (SSSR count). The maximum Gasteiger partial charge on any atom is 0.191 e. The Labute approximate surface area is 169 Å². The van der Waals surface area contributed by atoms with E-state index in [1.807, 2.05) is 18.2 Å². The maximum absolute atomic E-state index is 5.39. The Kier molecular flexibility index (Phi) is 10.2. The summed E-state index contributed by atoms with van der Waals surface area (Å²) in [6.07, 6.45) is 2.69. The minimum Gasteiger partial charge on any atom is -0.496 e. The fourth-order valence-corrected chi connectivity index (χ4v) is 2.91. The van der Waals surface area contributed by atoms with E-state index in [1.165, 1.54) is 12.8 Å². The van der Waals surface area contributed by atoms with Gasteiger partial charge in [0.1, 0.15) is 5.75 Å². The Morgan fingerprint density at radius 2 is 2.00 bits per heavy atom. The summed E-state index contributed by atoms with van der Waals surface area (Å²) in [6, 6.07) is 9.42. The van der Waals surface area contributed by atoms with Crippen molar-refractivity contribution >= 4 is 29.9 Å². The zero-order valence-electron chi connectivity index (χ0n) is 15.9. The van der Waals surface area contributed by atoms with Gasteiger partial charge in [-0.2, -0.15) is 0 Å². The first-order chi connectivity index (χ1) is 11.7. The first-order valence-electron chi connectivity index (χ1n) is 9.05. The fourth-order valence-electron chi connectivity index (χ4n) is 2.91. The SMILES string of the molecule is CCNC(=NCc1ccccc1OC)NCCN(C(C)C)C1CC1.I. The number of guanidine groups is 1. The van der Waals surface area contributed by atoms with Gasteiger partial charge in [-0.1, -0.05) is 18.2 Å². The lowest BCUT2D eigenvalue weighted by molar-refractivity contribution is 0.215. The van der Waals surface area contributed by atoms with Crippen molar-refractivity contribution in [3.8, 4) is 5.75 Å². The van der Waals surface area contributed by atoms with Gasteiger partial charge in [0.25, 0.3) is 0 Å². The van der Waals surface area contributed by atoms with Crippen molar-refractivity contribution in [1.82, 2.24) is 15.5 Å². The van der Waals surface area contributed by atoms with Crippen LogP contribution in [0.2, 0.25) is 0 Å². The topological polar surface area (TPSA) is 48.9 Å². The molecule has 5 nitrogen and oxygen atoms in total. The molecule has 1 aliphatic carbocycles. The molecule has 1 fully saturated rings. The van der Waals surface area contributed by atoms with E-state index in [0.29, 0.717) is 12.6 Å². The van der Waals surface area contributed by atoms with Crippen molar-refractivity contribution in [3.63, 3.8) is 0 Å². The minimum absolute atomic E-state index is 0. The molecule has 0 aliphatic heterocycles. The van der Waals surface area contributed by atoms with Crippen LogP contribution >= 0.6 is 24.0 Å². The number of aliphatic imine (C=N–C) groups is 1. The Bertz CT molecular complexity index is 530.